The molecule has 0 spiro atoms. The molecular formula is C22H23N5O. The first-order valence-corrected chi connectivity index (χ1v) is 9.49. The van der Waals surface area contributed by atoms with Gasteiger partial charge in [0.1, 0.15) is 5.69 Å². The molecular weight excluding hydrogens is 350 g/mol. The average Bonchev–Trinajstić information content (AvgIpc) is 2.79. The van der Waals surface area contributed by atoms with E-state index in [4.69, 9.17) is 0 Å². The second-order valence-corrected chi connectivity index (χ2v) is 6.72. The van der Waals surface area contributed by atoms with Gasteiger partial charge in [0.25, 0.3) is 5.91 Å². The van der Waals surface area contributed by atoms with Gasteiger partial charge in [-0.1, -0.05) is 24.3 Å². The lowest BCUT2D eigenvalue weighted by Crippen LogP contribution is -2.49. The Kier molecular flexibility index (Phi) is 5.47. The molecule has 0 atom stereocenters. The second-order valence-electron chi connectivity index (χ2n) is 6.72. The summed E-state index contributed by atoms with van der Waals surface area (Å²) in [6, 6.07) is 19.8. The Morgan fingerprint density at radius 2 is 1.68 bits per heavy atom. The van der Waals surface area contributed by atoms with E-state index < -0.39 is 0 Å². The number of piperazine rings is 1. The van der Waals surface area contributed by atoms with Crippen molar-refractivity contribution in [2.75, 3.05) is 36.4 Å². The third kappa shape index (κ3) is 4.28. The van der Waals surface area contributed by atoms with Crippen molar-refractivity contribution in [3.63, 3.8) is 0 Å². The first kappa shape index (κ1) is 18.0. The molecule has 1 aliphatic heterocycles. The van der Waals surface area contributed by atoms with Crippen molar-refractivity contribution in [3.05, 3.63) is 84.4 Å². The summed E-state index contributed by atoms with van der Waals surface area (Å²) < 4.78 is 0. The number of amides is 1. The van der Waals surface area contributed by atoms with Crippen LogP contribution in [0.1, 0.15) is 16.2 Å². The minimum absolute atomic E-state index is 0.0193. The first-order valence-electron chi connectivity index (χ1n) is 9.49. The van der Waals surface area contributed by atoms with Crippen LogP contribution >= 0.6 is 0 Å². The summed E-state index contributed by atoms with van der Waals surface area (Å²) in [5.74, 6) is -0.0193. The highest BCUT2D eigenvalue weighted by atomic mass is 16.2. The van der Waals surface area contributed by atoms with Gasteiger partial charge in [-0.3, -0.25) is 14.8 Å². The largest absolute Gasteiger partial charge is 0.379 e. The van der Waals surface area contributed by atoms with Gasteiger partial charge in [-0.05, 0) is 36.4 Å². The molecule has 1 saturated heterocycles. The SMILES string of the molecule is O=C(c1cc(NCc2ccccn2)ccn1)N1CCN(c2ccccc2)CC1. The average molecular weight is 373 g/mol. The Morgan fingerprint density at radius 3 is 2.43 bits per heavy atom. The van der Waals surface area contributed by atoms with Crippen molar-refractivity contribution in [2.24, 2.45) is 0 Å². The molecule has 2 aromatic heterocycles. The number of anilines is 2. The van der Waals surface area contributed by atoms with Gasteiger partial charge in [-0.25, -0.2) is 0 Å². The van der Waals surface area contributed by atoms with E-state index >= 15 is 0 Å². The smallest absolute Gasteiger partial charge is 0.272 e. The Labute approximate surface area is 164 Å². The molecule has 4 rings (SSSR count). The molecule has 142 valence electrons. The van der Waals surface area contributed by atoms with Crippen molar-refractivity contribution in [1.82, 2.24) is 14.9 Å². The number of carbonyl (C=O) groups is 1. The number of carbonyl (C=O) groups excluding carboxylic acids is 1. The zero-order valence-electron chi connectivity index (χ0n) is 15.7. The minimum Gasteiger partial charge on any atom is -0.379 e. The van der Waals surface area contributed by atoms with Crippen molar-refractivity contribution >= 4 is 17.3 Å². The van der Waals surface area contributed by atoms with Crippen LogP contribution in [-0.4, -0.2) is 47.0 Å². The fraction of sp³-hybridized carbons (Fsp3) is 0.227. The van der Waals surface area contributed by atoms with E-state index in [1.807, 2.05) is 53.4 Å². The molecule has 6 heteroatoms. The molecule has 0 aliphatic carbocycles. The van der Waals surface area contributed by atoms with Gasteiger partial charge in [0.05, 0.1) is 12.2 Å². The third-order valence-electron chi connectivity index (χ3n) is 4.87. The Hall–Kier alpha value is -3.41. The molecule has 1 N–H and O–H groups in total. The van der Waals surface area contributed by atoms with Gasteiger partial charge >= 0.3 is 0 Å². The molecule has 6 nitrogen and oxygen atoms in total. The maximum Gasteiger partial charge on any atom is 0.272 e. The van der Waals surface area contributed by atoms with Crippen LogP contribution in [0.3, 0.4) is 0 Å². The zero-order chi connectivity index (χ0) is 19.2. The normalized spacial score (nSPS) is 14.0. The summed E-state index contributed by atoms with van der Waals surface area (Å²) in [5, 5.41) is 3.31. The molecule has 0 bridgehead atoms. The quantitative estimate of drug-likeness (QED) is 0.745. The van der Waals surface area contributed by atoms with E-state index in [-0.39, 0.29) is 5.91 Å². The number of nitrogens with one attached hydrogen (secondary N) is 1. The van der Waals surface area contributed by atoms with Crippen molar-refractivity contribution < 1.29 is 4.79 Å². The fourth-order valence-corrected chi connectivity index (χ4v) is 3.32. The van der Waals surface area contributed by atoms with Gasteiger partial charge < -0.3 is 15.1 Å². The number of benzene rings is 1. The molecule has 3 aromatic rings. The van der Waals surface area contributed by atoms with E-state index in [1.165, 1.54) is 5.69 Å². The third-order valence-corrected chi connectivity index (χ3v) is 4.87. The summed E-state index contributed by atoms with van der Waals surface area (Å²) in [6.07, 6.45) is 3.45. The van der Waals surface area contributed by atoms with E-state index in [1.54, 1.807) is 12.4 Å². The predicted molar refractivity (Wildman–Crippen MR) is 110 cm³/mol. The molecule has 0 unspecified atom stereocenters. The summed E-state index contributed by atoms with van der Waals surface area (Å²) >= 11 is 0. The molecule has 0 radical (unpaired) electrons. The number of hydrogen-bond acceptors (Lipinski definition) is 5. The number of para-hydroxylation sites is 1. The maximum atomic E-state index is 12.9. The van der Waals surface area contributed by atoms with Gasteiger partial charge in [0.2, 0.25) is 0 Å². The molecule has 1 aliphatic rings. The number of aromatic nitrogens is 2. The van der Waals surface area contributed by atoms with E-state index in [9.17, 15) is 4.79 Å². The predicted octanol–water partition coefficient (Wildman–Crippen LogP) is 3.05. The summed E-state index contributed by atoms with van der Waals surface area (Å²) in [6.45, 7) is 3.65. The molecule has 0 saturated carbocycles. The molecule has 3 heterocycles. The summed E-state index contributed by atoms with van der Waals surface area (Å²) in [4.78, 5) is 25.6. The van der Waals surface area contributed by atoms with E-state index in [0.717, 1.165) is 24.5 Å². The number of pyridine rings is 2. The van der Waals surface area contributed by atoms with Crippen LogP contribution in [-0.2, 0) is 6.54 Å². The van der Waals surface area contributed by atoms with Crippen LogP contribution in [0.2, 0.25) is 0 Å². The van der Waals surface area contributed by atoms with Crippen LogP contribution in [0.5, 0.6) is 0 Å². The Morgan fingerprint density at radius 1 is 0.893 bits per heavy atom. The van der Waals surface area contributed by atoms with Crippen LogP contribution in [0, 0.1) is 0 Å². The topological polar surface area (TPSA) is 61.4 Å². The standard InChI is InChI=1S/C22H23N5O/c28-22(27-14-12-26(13-15-27)20-7-2-1-3-8-20)21-16-18(9-11-24-21)25-17-19-6-4-5-10-23-19/h1-11,16H,12-15,17H2,(H,24,25). The zero-order valence-corrected chi connectivity index (χ0v) is 15.7. The van der Waals surface area contributed by atoms with Gasteiger partial charge in [-0.15, -0.1) is 0 Å². The fourth-order valence-electron chi connectivity index (χ4n) is 3.32. The van der Waals surface area contributed by atoms with Crippen LogP contribution in [0.4, 0.5) is 11.4 Å². The maximum absolute atomic E-state index is 12.9. The highest BCUT2D eigenvalue weighted by molar-refractivity contribution is 5.93. The number of hydrogen-bond donors (Lipinski definition) is 1. The minimum atomic E-state index is -0.0193. The Balaban J connectivity index is 1.36. The summed E-state index contributed by atoms with van der Waals surface area (Å²) in [5.41, 5.74) is 3.49. The van der Waals surface area contributed by atoms with Crippen molar-refractivity contribution in [1.29, 1.82) is 0 Å². The van der Waals surface area contributed by atoms with Crippen LogP contribution in [0.25, 0.3) is 0 Å². The summed E-state index contributed by atoms with van der Waals surface area (Å²) in [7, 11) is 0. The van der Waals surface area contributed by atoms with E-state index in [0.29, 0.717) is 25.3 Å². The van der Waals surface area contributed by atoms with Gasteiger partial charge in [0, 0.05) is 49.9 Å². The van der Waals surface area contributed by atoms with E-state index in [2.05, 4.69) is 32.3 Å². The monoisotopic (exact) mass is 373 g/mol. The lowest BCUT2D eigenvalue weighted by Gasteiger charge is -2.36. The lowest BCUT2D eigenvalue weighted by atomic mass is 10.2. The first-order chi connectivity index (χ1) is 13.8. The number of rotatable bonds is 5. The van der Waals surface area contributed by atoms with Gasteiger partial charge in [0.15, 0.2) is 0 Å². The molecule has 28 heavy (non-hydrogen) atoms. The molecule has 1 aromatic carbocycles. The second kappa shape index (κ2) is 8.52. The highest BCUT2D eigenvalue weighted by Gasteiger charge is 2.23. The van der Waals surface area contributed by atoms with Crippen molar-refractivity contribution in [3.8, 4) is 0 Å². The van der Waals surface area contributed by atoms with Crippen LogP contribution in [0.15, 0.2) is 73.1 Å². The molecule has 1 fully saturated rings. The highest BCUT2D eigenvalue weighted by Crippen LogP contribution is 2.17. The number of nitrogens with zero attached hydrogens (tertiary/aromatic N) is 4. The van der Waals surface area contributed by atoms with Crippen LogP contribution < -0.4 is 10.2 Å². The van der Waals surface area contributed by atoms with Gasteiger partial charge in [-0.2, -0.15) is 0 Å². The lowest BCUT2D eigenvalue weighted by molar-refractivity contribution is 0.0741. The van der Waals surface area contributed by atoms with Crippen molar-refractivity contribution in [2.45, 2.75) is 6.54 Å². The Bertz CT molecular complexity index is 908. The molecule has 1 amide bonds.